The van der Waals surface area contributed by atoms with Gasteiger partial charge in [0.25, 0.3) is 5.91 Å². The van der Waals surface area contributed by atoms with Crippen LogP contribution in [0.25, 0.3) is 0 Å². The van der Waals surface area contributed by atoms with E-state index >= 15 is 0 Å². The predicted octanol–water partition coefficient (Wildman–Crippen LogP) is 2.64. The van der Waals surface area contributed by atoms with Gasteiger partial charge in [0.05, 0.1) is 28.0 Å². The van der Waals surface area contributed by atoms with Gasteiger partial charge < -0.3 is 14.8 Å². The summed E-state index contributed by atoms with van der Waals surface area (Å²) >= 11 is 11.6. The van der Waals surface area contributed by atoms with Gasteiger partial charge in [-0.05, 0) is 37.3 Å². The summed E-state index contributed by atoms with van der Waals surface area (Å²) in [5.41, 5.74) is 0. The fourth-order valence-corrected chi connectivity index (χ4v) is 3.60. The van der Waals surface area contributed by atoms with Gasteiger partial charge in [0, 0.05) is 12.7 Å². The summed E-state index contributed by atoms with van der Waals surface area (Å²) in [6.45, 7) is 1.51. The van der Waals surface area contributed by atoms with Crippen molar-refractivity contribution >= 4 is 50.9 Å². The van der Waals surface area contributed by atoms with E-state index in [0.717, 1.165) is 0 Å². The molecule has 2 N–H and O–H groups in total. The monoisotopic (exact) mass is 475 g/mol. The first kappa shape index (κ1) is 23.9. The largest absolute Gasteiger partial charge is 0.494 e. The van der Waals surface area contributed by atoms with Crippen LogP contribution in [-0.2, 0) is 24.3 Å². The van der Waals surface area contributed by atoms with Crippen LogP contribution < -0.4 is 14.8 Å². The average Bonchev–Trinajstić information content (AvgIpc) is 2.69. The highest BCUT2D eigenvalue weighted by Gasteiger charge is 2.15. The minimum atomic E-state index is -3.79. The lowest BCUT2D eigenvalue weighted by Crippen LogP contribution is -2.28. The Hall–Kier alpha value is -2.40. The summed E-state index contributed by atoms with van der Waals surface area (Å²) in [7, 11) is -3.79. The first-order valence-electron chi connectivity index (χ1n) is 8.70. The molecule has 0 spiro atoms. The number of amides is 1. The fraction of sp³-hybridized carbons (Fsp3) is 0.278. The lowest BCUT2D eigenvalue weighted by atomic mass is 10.3. The Labute approximate surface area is 183 Å². The Morgan fingerprint density at radius 3 is 2.50 bits per heavy atom. The van der Waals surface area contributed by atoms with Crippen molar-refractivity contribution in [3.05, 3.63) is 46.6 Å². The van der Waals surface area contributed by atoms with Crippen molar-refractivity contribution in [3.8, 4) is 5.75 Å². The fourth-order valence-electron chi connectivity index (χ4n) is 2.15. The molecular weight excluding hydrogens is 457 g/mol. The van der Waals surface area contributed by atoms with E-state index in [1.165, 1.54) is 36.5 Å². The molecule has 0 bridgehead atoms. The molecule has 0 fully saturated rings. The van der Waals surface area contributed by atoms with Crippen molar-refractivity contribution in [2.24, 2.45) is 0 Å². The number of esters is 1. The van der Waals surface area contributed by atoms with Gasteiger partial charge in [0.1, 0.15) is 5.75 Å². The first-order chi connectivity index (χ1) is 14.2. The molecule has 2 rings (SSSR count). The SMILES string of the molecule is CCOc1ccc(S(=O)(=O)NCCC(=O)OCC(=O)Nc2ncc(Cl)cc2Cl)cc1. The van der Waals surface area contributed by atoms with E-state index in [0.29, 0.717) is 17.4 Å². The zero-order valence-corrected chi connectivity index (χ0v) is 18.2. The van der Waals surface area contributed by atoms with Crippen LogP contribution in [0.5, 0.6) is 5.75 Å². The Kier molecular flexibility index (Phi) is 8.85. The normalized spacial score (nSPS) is 11.0. The maximum Gasteiger partial charge on any atom is 0.307 e. The number of sulfonamides is 1. The molecule has 2 aromatic rings. The highest BCUT2D eigenvalue weighted by molar-refractivity contribution is 7.89. The second kappa shape index (κ2) is 11.1. The highest BCUT2D eigenvalue weighted by Crippen LogP contribution is 2.22. The number of pyridine rings is 1. The number of hydrogen-bond acceptors (Lipinski definition) is 7. The molecule has 0 radical (unpaired) electrons. The minimum Gasteiger partial charge on any atom is -0.494 e. The molecule has 1 heterocycles. The molecule has 0 saturated heterocycles. The summed E-state index contributed by atoms with van der Waals surface area (Å²) in [5.74, 6) is -0.789. The van der Waals surface area contributed by atoms with Crippen molar-refractivity contribution in [1.29, 1.82) is 0 Å². The lowest BCUT2D eigenvalue weighted by molar-refractivity contribution is -0.147. The quantitative estimate of drug-likeness (QED) is 0.506. The molecule has 0 aliphatic rings. The van der Waals surface area contributed by atoms with Crippen molar-refractivity contribution in [2.75, 3.05) is 25.1 Å². The van der Waals surface area contributed by atoms with Crippen LogP contribution in [0.3, 0.4) is 0 Å². The highest BCUT2D eigenvalue weighted by atomic mass is 35.5. The number of carbonyl (C=O) groups is 2. The van der Waals surface area contributed by atoms with Gasteiger partial charge in [-0.25, -0.2) is 18.1 Å². The molecule has 1 aromatic carbocycles. The number of anilines is 1. The second-order valence-electron chi connectivity index (χ2n) is 5.75. The zero-order chi connectivity index (χ0) is 22.1. The third kappa shape index (κ3) is 7.45. The van der Waals surface area contributed by atoms with Crippen LogP contribution in [0.4, 0.5) is 5.82 Å². The van der Waals surface area contributed by atoms with Gasteiger partial charge in [-0.3, -0.25) is 9.59 Å². The second-order valence-corrected chi connectivity index (χ2v) is 8.36. The summed E-state index contributed by atoms with van der Waals surface area (Å²) in [4.78, 5) is 27.4. The number of aromatic nitrogens is 1. The average molecular weight is 476 g/mol. The number of rotatable bonds is 10. The molecule has 0 atom stereocenters. The van der Waals surface area contributed by atoms with E-state index in [1.54, 1.807) is 0 Å². The molecular formula is C18H19Cl2N3O6S. The van der Waals surface area contributed by atoms with Gasteiger partial charge in [-0.2, -0.15) is 0 Å². The molecule has 162 valence electrons. The Morgan fingerprint density at radius 1 is 1.17 bits per heavy atom. The number of nitrogens with one attached hydrogen (secondary N) is 2. The lowest BCUT2D eigenvalue weighted by Gasteiger charge is -2.09. The molecule has 0 aliphatic heterocycles. The summed E-state index contributed by atoms with van der Waals surface area (Å²) < 4.78 is 36.8. The van der Waals surface area contributed by atoms with Gasteiger partial charge in [0.2, 0.25) is 10.0 Å². The molecule has 1 amide bonds. The van der Waals surface area contributed by atoms with E-state index in [2.05, 4.69) is 15.0 Å². The number of halogens is 2. The minimum absolute atomic E-state index is 0.0334. The number of hydrogen-bond donors (Lipinski definition) is 2. The zero-order valence-electron chi connectivity index (χ0n) is 15.9. The van der Waals surface area contributed by atoms with Gasteiger partial charge in [-0.1, -0.05) is 23.2 Å². The summed E-state index contributed by atoms with van der Waals surface area (Å²) in [6, 6.07) is 7.26. The maximum atomic E-state index is 12.2. The Morgan fingerprint density at radius 2 is 1.87 bits per heavy atom. The molecule has 1 aromatic heterocycles. The topological polar surface area (TPSA) is 124 Å². The van der Waals surface area contributed by atoms with Gasteiger partial charge >= 0.3 is 5.97 Å². The van der Waals surface area contributed by atoms with Crippen LogP contribution in [0.15, 0.2) is 41.4 Å². The molecule has 9 nitrogen and oxygen atoms in total. The van der Waals surface area contributed by atoms with Crippen LogP contribution in [0, 0.1) is 0 Å². The smallest absolute Gasteiger partial charge is 0.307 e. The molecule has 30 heavy (non-hydrogen) atoms. The maximum absolute atomic E-state index is 12.2. The van der Waals surface area contributed by atoms with E-state index in [-0.39, 0.29) is 28.7 Å². The van der Waals surface area contributed by atoms with E-state index in [9.17, 15) is 18.0 Å². The predicted molar refractivity (Wildman–Crippen MR) is 111 cm³/mol. The molecule has 0 saturated carbocycles. The molecule has 0 aliphatic carbocycles. The van der Waals surface area contributed by atoms with Crippen LogP contribution >= 0.6 is 23.2 Å². The van der Waals surface area contributed by atoms with Gasteiger partial charge in [0.15, 0.2) is 12.4 Å². The van der Waals surface area contributed by atoms with Crippen LogP contribution in [0.1, 0.15) is 13.3 Å². The van der Waals surface area contributed by atoms with Crippen molar-refractivity contribution in [3.63, 3.8) is 0 Å². The number of carbonyl (C=O) groups excluding carboxylic acids is 2. The third-order valence-electron chi connectivity index (χ3n) is 3.50. The van der Waals surface area contributed by atoms with Crippen molar-refractivity contribution in [2.45, 2.75) is 18.2 Å². The van der Waals surface area contributed by atoms with E-state index < -0.39 is 28.5 Å². The first-order valence-corrected chi connectivity index (χ1v) is 10.9. The number of benzene rings is 1. The van der Waals surface area contributed by atoms with E-state index in [1.807, 2.05) is 6.92 Å². The van der Waals surface area contributed by atoms with E-state index in [4.69, 9.17) is 32.7 Å². The number of nitrogens with zero attached hydrogens (tertiary/aromatic N) is 1. The standard InChI is InChI=1S/C18H19Cl2N3O6S/c1-2-28-13-3-5-14(6-4-13)30(26,27)22-8-7-17(25)29-11-16(24)23-18-15(20)9-12(19)10-21-18/h3-6,9-10,22H,2,7-8,11H2,1H3,(H,21,23,24). The van der Waals surface area contributed by atoms with Gasteiger partial charge in [-0.15, -0.1) is 0 Å². The van der Waals surface area contributed by atoms with Crippen LogP contribution in [0.2, 0.25) is 10.0 Å². The third-order valence-corrected chi connectivity index (χ3v) is 5.47. The van der Waals surface area contributed by atoms with Crippen LogP contribution in [-0.4, -0.2) is 45.0 Å². The number of ether oxygens (including phenoxy) is 2. The summed E-state index contributed by atoms with van der Waals surface area (Å²) in [6.07, 6.45) is 1.04. The Bertz CT molecular complexity index is 999. The molecule has 12 heteroatoms. The molecule has 0 unspecified atom stereocenters. The van der Waals surface area contributed by atoms with Crippen molar-refractivity contribution in [1.82, 2.24) is 9.71 Å². The summed E-state index contributed by atoms with van der Waals surface area (Å²) in [5, 5.41) is 2.80. The van der Waals surface area contributed by atoms with Crippen molar-refractivity contribution < 1.29 is 27.5 Å². The Balaban J connectivity index is 1.75.